The molecule has 1 atom stereocenters. The van der Waals surface area contributed by atoms with E-state index < -0.39 is 0 Å². The molecule has 1 aliphatic heterocycles. The summed E-state index contributed by atoms with van der Waals surface area (Å²) in [6, 6.07) is 2.98. The zero-order chi connectivity index (χ0) is 16.8. The van der Waals surface area contributed by atoms with Crippen LogP contribution in [0.2, 0.25) is 0 Å². The number of anilines is 1. The lowest BCUT2D eigenvalue weighted by atomic mass is 10.0. The van der Waals surface area contributed by atoms with E-state index in [1.807, 2.05) is 0 Å². The van der Waals surface area contributed by atoms with Crippen LogP contribution in [0.4, 0.5) is 10.5 Å². The number of aliphatic hydroxyl groups excluding tert-OH is 1. The van der Waals surface area contributed by atoms with Crippen LogP contribution < -0.4 is 19.5 Å². The van der Waals surface area contributed by atoms with Gasteiger partial charge in [-0.2, -0.15) is 0 Å². The van der Waals surface area contributed by atoms with Gasteiger partial charge in [0.15, 0.2) is 11.5 Å². The molecule has 2 amide bonds. The number of methoxy groups -OCH3 is 3. The van der Waals surface area contributed by atoms with Gasteiger partial charge in [0.2, 0.25) is 5.75 Å². The molecule has 2 N–H and O–H groups in total. The van der Waals surface area contributed by atoms with Crippen molar-refractivity contribution in [3.05, 3.63) is 12.1 Å². The van der Waals surface area contributed by atoms with E-state index in [-0.39, 0.29) is 18.7 Å². The topological polar surface area (TPSA) is 80.3 Å². The number of piperidine rings is 1. The molecule has 0 saturated carbocycles. The van der Waals surface area contributed by atoms with Gasteiger partial charge in [0.05, 0.1) is 39.7 Å². The summed E-state index contributed by atoms with van der Waals surface area (Å²) in [6.07, 6.45) is 2.79. The first-order valence-corrected chi connectivity index (χ1v) is 7.63. The number of hydrogen-bond acceptors (Lipinski definition) is 5. The molecule has 0 radical (unpaired) electrons. The number of nitrogens with one attached hydrogen (secondary N) is 1. The number of urea groups is 1. The molecule has 0 spiro atoms. The Kier molecular flexibility index (Phi) is 5.92. The van der Waals surface area contributed by atoms with E-state index >= 15 is 0 Å². The smallest absolute Gasteiger partial charge is 0.322 e. The number of benzene rings is 1. The quantitative estimate of drug-likeness (QED) is 0.867. The highest BCUT2D eigenvalue weighted by Crippen LogP contribution is 2.40. The lowest BCUT2D eigenvalue weighted by Gasteiger charge is -2.34. The third-order valence-corrected chi connectivity index (χ3v) is 4.01. The van der Waals surface area contributed by atoms with E-state index in [9.17, 15) is 9.90 Å². The number of hydrogen-bond donors (Lipinski definition) is 2. The number of carbonyl (C=O) groups excluding carboxylic acids is 1. The molecule has 0 aliphatic carbocycles. The van der Waals surface area contributed by atoms with E-state index in [0.29, 0.717) is 29.5 Å². The fourth-order valence-corrected chi connectivity index (χ4v) is 2.81. The normalized spacial score (nSPS) is 17.6. The fourth-order valence-electron chi connectivity index (χ4n) is 2.81. The standard InChI is InChI=1S/C16H24N2O5/c1-21-13-8-11(9-14(22-2)15(13)23-3)17-16(20)18-7-5-4-6-12(18)10-19/h8-9,12,19H,4-7,10H2,1-3H3,(H,17,20). The van der Waals surface area contributed by atoms with Crippen molar-refractivity contribution < 1.29 is 24.1 Å². The summed E-state index contributed by atoms with van der Waals surface area (Å²) in [4.78, 5) is 14.2. The Bertz CT molecular complexity index is 524. The lowest BCUT2D eigenvalue weighted by Crippen LogP contribution is -2.47. The van der Waals surface area contributed by atoms with Gasteiger partial charge >= 0.3 is 6.03 Å². The summed E-state index contributed by atoms with van der Waals surface area (Å²) >= 11 is 0. The van der Waals surface area contributed by atoms with E-state index in [4.69, 9.17) is 14.2 Å². The molecular weight excluding hydrogens is 300 g/mol. The Morgan fingerprint density at radius 3 is 2.39 bits per heavy atom. The Morgan fingerprint density at radius 1 is 1.22 bits per heavy atom. The Morgan fingerprint density at radius 2 is 1.87 bits per heavy atom. The molecule has 0 aromatic heterocycles. The van der Waals surface area contributed by atoms with Crippen LogP contribution >= 0.6 is 0 Å². The van der Waals surface area contributed by atoms with Gasteiger partial charge < -0.3 is 29.5 Å². The first kappa shape index (κ1) is 17.2. The number of rotatable bonds is 5. The third kappa shape index (κ3) is 3.79. The predicted octanol–water partition coefficient (Wildman–Crippen LogP) is 2.09. The molecule has 1 heterocycles. The van der Waals surface area contributed by atoms with Crippen molar-refractivity contribution in [2.24, 2.45) is 0 Å². The molecule has 1 aliphatic rings. The molecule has 7 heteroatoms. The fraction of sp³-hybridized carbons (Fsp3) is 0.562. The Hall–Kier alpha value is -2.15. The summed E-state index contributed by atoms with van der Waals surface area (Å²) in [7, 11) is 4.57. The van der Waals surface area contributed by atoms with Crippen LogP contribution in [0.5, 0.6) is 17.2 Å². The van der Waals surface area contributed by atoms with Gasteiger partial charge in [0.25, 0.3) is 0 Å². The van der Waals surface area contributed by atoms with Gasteiger partial charge in [-0.15, -0.1) is 0 Å². The Balaban J connectivity index is 2.20. The number of ether oxygens (including phenoxy) is 3. The summed E-state index contributed by atoms with van der Waals surface area (Å²) in [5.41, 5.74) is 0.548. The first-order valence-electron chi connectivity index (χ1n) is 7.63. The van der Waals surface area contributed by atoms with E-state index in [0.717, 1.165) is 19.3 Å². The van der Waals surface area contributed by atoms with Crippen LogP contribution in [-0.2, 0) is 0 Å². The number of aliphatic hydroxyl groups is 1. The van der Waals surface area contributed by atoms with Crippen molar-refractivity contribution in [2.45, 2.75) is 25.3 Å². The minimum absolute atomic E-state index is 0.0251. The molecule has 1 fully saturated rings. The van der Waals surface area contributed by atoms with Crippen LogP contribution in [0.3, 0.4) is 0 Å². The van der Waals surface area contributed by atoms with Gasteiger partial charge in [-0.25, -0.2) is 4.79 Å². The predicted molar refractivity (Wildman–Crippen MR) is 86.5 cm³/mol. The molecular formula is C16H24N2O5. The van der Waals surface area contributed by atoms with Crippen molar-refractivity contribution in [3.63, 3.8) is 0 Å². The molecule has 128 valence electrons. The second-order valence-electron chi connectivity index (χ2n) is 5.37. The maximum Gasteiger partial charge on any atom is 0.322 e. The summed E-state index contributed by atoms with van der Waals surface area (Å²) in [5.74, 6) is 1.42. The third-order valence-electron chi connectivity index (χ3n) is 4.01. The zero-order valence-electron chi connectivity index (χ0n) is 13.8. The van der Waals surface area contributed by atoms with Gasteiger partial charge in [-0.1, -0.05) is 0 Å². The summed E-state index contributed by atoms with van der Waals surface area (Å²) < 4.78 is 15.8. The summed E-state index contributed by atoms with van der Waals surface area (Å²) in [5, 5.41) is 12.3. The zero-order valence-corrected chi connectivity index (χ0v) is 13.8. The van der Waals surface area contributed by atoms with Crippen molar-refractivity contribution in [1.82, 2.24) is 4.90 Å². The second kappa shape index (κ2) is 7.92. The number of likely N-dealkylation sites (tertiary alicyclic amines) is 1. The maximum absolute atomic E-state index is 12.5. The number of carbonyl (C=O) groups is 1. The molecule has 1 aromatic rings. The largest absolute Gasteiger partial charge is 0.493 e. The lowest BCUT2D eigenvalue weighted by molar-refractivity contribution is 0.115. The van der Waals surface area contributed by atoms with Crippen molar-refractivity contribution in [3.8, 4) is 17.2 Å². The first-order chi connectivity index (χ1) is 11.1. The molecule has 2 rings (SSSR count). The average molecular weight is 324 g/mol. The minimum Gasteiger partial charge on any atom is -0.493 e. The highest BCUT2D eigenvalue weighted by molar-refractivity contribution is 5.90. The van der Waals surface area contributed by atoms with E-state index in [1.165, 1.54) is 21.3 Å². The number of nitrogens with zero attached hydrogens (tertiary/aromatic N) is 1. The van der Waals surface area contributed by atoms with E-state index in [1.54, 1.807) is 17.0 Å². The van der Waals surface area contributed by atoms with Crippen LogP contribution in [0.15, 0.2) is 12.1 Å². The van der Waals surface area contributed by atoms with Gasteiger partial charge in [0.1, 0.15) is 0 Å². The monoisotopic (exact) mass is 324 g/mol. The molecule has 1 unspecified atom stereocenters. The van der Waals surface area contributed by atoms with Crippen LogP contribution in [0.1, 0.15) is 19.3 Å². The molecule has 7 nitrogen and oxygen atoms in total. The van der Waals surface area contributed by atoms with Crippen molar-refractivity contribution in [2.75, 3.05) is 39.8 Å². The van der Waals surface area contributed by atoms with Gasteiger partial charge in [0, 0.05) is 18.7 Å². The van der Waals surface area contributed by atoms with Gasteiger partial charge in [-0.05, 0) is 19.3 Å². The van der Waals surface area contributed by atoms with Crippen LogP contribution in [0.25, 0.3) is 0 Å². The Labute approximate surface area is 136 Å². The highest BCUT2D eigenvalue weighted by atomic mass is 16.5. The number of amides is 2. The van der Waals surface area contributed by atoms with E-state index in [2.05, 4.69) is 5.32 Å². The van der Waals surface area contributed by atoms with Crippen LogP contribution in [-0.4, -0.2) is 56.6 Å². The maximum atomic E-state index is 12.5. The molecule has 1 aromatic carbocycles. The SMILES string of the molecule is COc1cc(NC(=O)N2CCCCC2CO)cc(OC)c1OC. The second-order valence-corrected chi connectivity index (χ2v) is 5.37. The molecule has 1 saturated heterocycles. The molecule has 0 bridgehead atoms. The summed E-state index contributed by atoms with van der Waals surface area (Å²) in [6.45, 7) is 0.615. The van der Waals surface area contributed by atoms with Crippen molar-refractivity contribution >= 4 is 11.7 Å². The van der Waals surface area contributed by atoms with Gasteiger partial charge in [-0.3, -0.25) is 0 Å². The van der Waals surface area contributed by atoms with Crippen LogP contribution in [0, 0.1) is 0 Å². The average Bonchev–Trinajstić information content (AvgIpc) is 2.60. The van der Waals surface area contributed by atoms with Crippen molar-refractivity contribution in [1.29, 1.82) is 0 Å². The highest BCUT2D eigenvalue weighted by Gasteiger charge is 2.26. The minimum atomic E-state index is -0.238. The molecule has 23 heavy (non-hydrogen) atoms.